The lowest BCUT2D eigenvalue weighted by molar-refractivity contribution is -0.142. The molecule has 2 aliphatic rings. The number of amides is 2. The van der Waals surface area contributed by atoms with Gasteiger partial charge in [-0.15, -0.1) is 0 Å². The van der Waals surface area contributed by atoms with Crippen LogP contribution in [0.15, 0.2) is 53.6 Å². The van der Waals surface area contributed by atoms with Crippen LogP contribution in [0, 0.1) is 5.92 Å². The maximum absolute atomic E-state index is 13.4. The second-order valence-corrected chi connectivity index (χ2v) is 8.65. The van der Waals surface area contributed by atoms with Gasteiger partial charge in [-0.1, -0.05) is 31.0 Å². The van der Waals surface area contributed by atoms with Crippen LogP contribution < -0.4 is 9.47 Å². The van der Waals surface area contributed by atoms with Gasteiger partial charge in [0.15, 0.2) is 0 Å². The summed E-state index contributed by atoms with van der Waals surface area (Å²) in [4.78, 5) is 27.7. The predicted octanol–water partition coefficient (Wildman–Crippen LogP) is 4.03. The van der Waals surface area contributed by atoms with Gasteiger partial charge in [0.05, 0.1) is 26.0 Å². The van der Waals surface area contributed by atoms with Gasteiger partial charge < -0.3 is 14.4 Å². The number of likely N-dealkylation sites (N-methyl/N-ethyl adjacent to an activating group) is 1. The van der Waals surface area contributed by atoms with E-state index in [0.29, 0.717) is 12.2 Å². The Balaban J connectivity index is 1.60. The normalized spacial score (nSPS) is 18.2. The van der Waals surface area contributed by atoms with Crippen molar-refractivity contribution in [2.45, 2.75) is 38.1 Å². The number of nitrogens with zero attached hydrogens (tertiary/aromatic N) is 3. The van der Waals surface area contributed by atoms with Crippen molar-refractivity contribution in [1.29, 1.82) is 0 Å². The van der Waals surface area contributed by atoms with E-state index in [1.54, 1.807) is 26.2 Å². The van der Waals surface area contributed by atoms with Gasteiger partial charge in [-0.25, -0.2) is 5.01 Å². The molecule has 0 spiro atoms. The number of methoxy groups -OCH3 is 2. The van der Waals surface area contributed by atoms with Gasteiger partial charge in [0, 0.05) is 24.9 Å². The number of hydrogen-bond donors (Lipinski definition) is 0. The fourth-order valence-electron chi connectivity index (χ4n) is 4.72. The van der Waals surface area contributed by atoms with Crippen LogP contribution in [0.5, 0.6) is 11.5 Å². The number of rotatable bonds is 7. The smallest absolute Gasteiger partial charge is 0.262 e. The van der Waals surface area contributed by atoms with Crippen molar-refractivity contribution in [2.24, 2.45) is 11.0 Å². The number of ether oxygens (including phenoxy) is 2. The van der Waals surface area contributed by atoms with Crippen LogP contribution in [0.4, 0.5) is 0 Å². The highest BCUT2D eigenvalue weighted by Gasteiger charge is 2.36. The van der Waals surface area contributed by atoms with Crippen LogP contribution in [-0.4, -0.2) is 55.2 Å². The van der Waals surface area contributed by atoms with Crippen molar-refractivity contribution in [3.05, 3.63) is 59.7 Å². The molecule has 7 heteroatoms. The zero-order valence-electron chi connectivity index (χ0n) is 19.5. The first-order valence-corrected chi connectivity index (χ1v) is 11.4. The van der Waals surface area contributed by atoms with E-state index in [-0.39, 0.29) is 30.3 Å². The zero-order chi connectivity index (χ0) is 23.4. The molecule has 1 aliphatic carbocycles. The van der Waals surface area contributed by atoms with Crippen LogP contribution in [0.2, 0.25) is 0 Å². The van der Waals surface area contributed by atoms with Crippen molar-refractivity contribution >= 4 is 17.5 Å². The summed E-state index contributed by atoms with van der Waals surface area (Å²) in [5.41, 5.74) is 2.64. The Bertz CT molecular complexity index is 1030. The second kappa shape index (κ2) is 10.1. The lowest BCUT2D eigenvalue weighted by atomic mass is 9.97. The number of hydrogen-bond acceptors (Lipinski definition) is 5. The average molecular weight is 450 g/mol. The Morgan fingerprint density at radius 3 is 2.39 bits per heavy atom. The van der Waals surface area contributed by atoms with Crippen molar-refractivity contribution in [1.82, 2.24) is 9.91 Å². The van der Waals surface area contributed by atoms with Gasteiger partial charge in [0.1, 0.15) is 18.0 Å². The molecule has 2 aromatic rings. The SMILES string of the molecule is COc1ccc(C2=NN(C(=O)CN(C)C(=O)C3CCCC3)C(c3ccccc3OC)C2)cc1. The Morgan fingerprint density at radius 2 is 1.73 bits per heavy atom. The van der Waals surface area contributed by atoms with E-state index >= 15 is 0 Å². The lowest BCUT2D eigenvalue weighted by Crippen LogP contribution is -2.41. The molecule has 1 unspecified atom stereocenters. The third kappa shape index (κ3) is 4.87. The number of para-hydroxylation sites is 1. The monoisotopic (exact) mass is 449 g/mol. The van der Waals surface area contributed by atoms with Gasteiger partial charge in [-0.3, -0.25) is 9.59 Å². The summed E-state index contributed by atoms with van der Waals surface area (Å²) in [6, 6.07) is 15.0. The first kappa shape index (κ1) is 22.8. The van der Waals surface area contributed by atoms with E-state index in [2.05, 4.69) is 0 Å². The van der Waals surface area contributed by atoms with Crippen LogP contribution in [0.25, 0.3) is 0 Å². The Morgan fingerprint density at radius 1 is 1.03 bits per heavy atom. The minimum absolute atomic E-state index is 0.000372. The highest BCUT2D eigenvalue weighted by molar-refractivity contribution is 6.03. The van der Waals surface area contributed by atoms with Crippen LogP contribution in [0.3, 0.4) is 0 Å². The third-order valence-corrected chi connectivity index (χ3v) is 6.54. The number of carbonyl (C=O) groups excluding carboxylic acids is 2. The molecule has 1 fully saturated rings. The van der Waals surface area contributed by atoms with Crippen molar-refractivity contribution in [3.8, 4) is 11.5 Å². The predicted molar refractivity (Wildman–Crippen MR) is 126 cm³/mol. The summed E-state index contributed by atoms with van der Waals surface area (Å²) < 4.78 is 10.8. The molecule has 1 aliphatic heterocycles. The highest BCUT2D eigenvalue weighted by Crippen LogP contribution is 2.37. The molecule has 0 radical (unpaired) electrons. The highest BCUT2D eigenvalue weighted by atomic mass is 16.5. The van der Waals surface area contributed by atoms with Gasteiger partial charge in [0.2, 0.25) is 5.91 Å². The molecule has 0 N–H and O–H groups in total. The molecule has 2 aromatic carbocycles. The molecule has 0 aromatic heterocycles. The largest absolute Gasteiger partial charge is 0.497 e. The summed E-state index contributed by atoms with van der Waals surface area (Å²) in [5.74, 6) is 1.35. The topological polar surface area (TPSA) is 71.4 Å². The third-order valence-electron chi connectivity index (χ3n) is 6.54. The summed E-state index contributed by atoms with van der Waals surface area (Å²) in [5, 5.41) is 6.25. The van der Waals surface area contributed by atoms with Crippen LogP contribution >= 0.6 is 0 Å². The average Bonchev–Trinajstić information content (AvgIpc) is 3.54. The molecule has 1 heterocycles. The van der Waals surface area contributed by atoms with Gasteiger partial charge in [-0.05, 0) is 48.7 Å². The number of hydrazone groups is 1. The summed E-state index contributed by atoms with van der Waals surface area (Å²) >= 11 is 0. The minimum Gasteiger partial charge on any atom is -0.497 e. The molecule has 0 bridgehead atoms. The molecule has 0 saturated heterocycles. The quantitative estimate of drug-likeness (QED) is 0.640. The molecule has 1 atom stereocenters. The Hall–Kier alpha value is -3.35. The van der Waals surface area contributed by atoms with Crippen LogP contribution in [0.1, 0.15) is 49.3 Å². The van der Waals surface area contributed by atoms with Crippen molar-refractivity contribution in [2.75, 3.05) is 27.8 Å². The molecule has 33 heavy (non-hydrogen) atoms. The maximum Gasteiger partial charge on any atom is 0.262 e. The van der Waals surface area contributed by atoms with Crippen LogP contribution in [-0.2, 0) is 9.59 Å². The van der Waals surface area contributed by atoms with Crippen molar-refractivity contribution < 1.29 is 19.1 Å². The molecule has 174 valence electrons. The van der Waals surface area contributed by atoms with E-state index in [4.69, 9.17) is 14.6 Å². The first-order valence-electron chi connectivity index (χ1n) is 11.4. The summed E-state index contributed by atoms with van der Waals surface area (Å²) in [6.45, 7) is 0.000372. The van der Waals surface area contributed by atoms with E-state index < -0.39 is 0 Å². The van der Waals surface area contributed by atoms with Crippen molar-refractivity contribution in [3.63, 3.8) is 0 Å². The molecule has 2 amide bonds. The van der Waals surface area contributed by atoms with Gasteiger partial charge in [0.25, 0.3) is 5.91 Å². The molecular formula is C26H31N3O4. The Labute approximate surface area is 195 Å². The second-order valence-electron chi connectivity index (χ2n) is 8.65. The maximum atomic E-state index is 13.4. The fourth-order valence-corrected chi connectivity index (χ4v) is 4.72. The molecule has 4 rings (SSSR count). The number of benzene rings is 2. The van der Waals surface area contributed by atoms with Gasteiger partial charge >= 0.3 is 0 Å². The molecular weight excluding hydrogens is 418 g/mol. The molecule has 1 saturated carbocycles. The number of carbonyl (C=O) groups is 2. The Kier molecular flexibility index (Phi) is 6.96. The summed E-state index contributed by atoms with van der Waals surface area (Å²) in [6.07, 6.45) is 4.53. The standard InChI is InChI=1S/C26H31N3O4/c1-28(26(31)19-8-4-5-9-19)17-25(30)29-23(21-10-6-7-11-24(21)33-3)16-22(27-29)18-12-14-20(32-2)15-13-18/h6-7,10-15,19,23H,4-5,8-9,16-17H2,1-3H3. The van der Waals surface area contributed by atoms with Gasteiger partial charge in [-0.2, -0.15) is 5.10 Å². The molecule has 7 nitrogen and oxygen atoms in total. The zero-order valence-corrected chi connectivity index (χ0v) is 19.5. The van der Waals surface area contributed by atoms with E-state index in [1.165, 1.54) is 5.01 Å². The van der Waals surface area contributed by atoms with E-state index in [0.717, 1.165) is 48.3 Å². The first-order chi connectivity index (χ1) is 16.0. The van der Waals surface area contributed by atoms with E-state index in [9.17, 15) is 9.59 Å². The fraction of sp³-hybridized carbons (Fsp3) is 0.423. The lowest BCUT2D eigenvalue weighted by Gasteiger charge is -2.26. The van der Waals surface area contributed by atoms with E-state index in [1.807, 2.05) is 48.5 Å². The summed E-state index contributed by atoms with van der Waals surface area (Å²) in [7, 11) is 4.96. The minimum atomic E-state index is -0.305.